The van der Waals surface area contributed by atoms with Gasteiger partial charge in [-0.25, -0.2) is 8.78 Å². The number of hydrogen-bond acceptors (Lipinski definition) is 2. The summed E-state index contributed by atoms with van der Waals surface area (Å²) in [5.41, 5.74) is 0.172. The zero-order chi connectivity index (χ0) is 11.6. The molecule has 0 heterocycles. The third-order valence-electron chi connectivity index (χ3n) is 4.21. The van der Waals surface area contributed by atoms with Gasteiger partial charge in [0.15, 0.2) is 0 Å². The van der Waals surface area contributed by atoms with Crippen LogP contribution in [0.15, 0.2) is 0 Å². The van der Waals surface area contributed by atoms with Crippen molar-refractivity contribution in [1.29, 1.82) is 0 Å². The fourth-order valence-electron chi connectivity index (χ4n) is 3.40. The SMILES string of the molecule is CCOC1CC(NCC(F)F)C12CCCC2. The second kappa shape index (κ2) is 4.96. The summed E-state index contributed by atoms with van der Waals surface area (Å²) in [5, 5.41) is 3.01. The summed E-state index contributed by atoms with van der Waals surface area (Å²) in [6, 6.07) is 0.251. The molecule has 0 aromatic carbocycles. The normalized spacial score (nSPS) is 32.2. The molecule has 94 valence electrons. The van der Waals surface area contributed by atoms with Crippen LogP contribution < -0.4 is 5.32 Å². The Morgan fingerprint density at radius 3 is 2.62 bits per heavy atom. The van der Waals surface area contributed by atoms with E-state index >= 15 is 0 Å². The summed E-state index contributed by atoms with van der Waals surface area (Å²) in [6.45, 7) is 2.56. The average molecular weight is 233 g/mol. The van der Waals surface area contributed by atoms with Crippen LogP contribution in [-0.2, 0) is 4.74 Å². The molecule has 2 rings (SSSR count). The van der Waals surface area contributed by atoms with Crippen LogP contribution in [0, 0.1) is 5.41 Å². The molecular formula is C12H21F2NO. The molecule has 2 aliphatic rings. The van der Waals surface area contributed by atoms with E-state index in [0.29, 0.717) is 6.10 Å². The highest BCUT2D eigenvalue weighted by Gasteiger charge is 2.56. The van der Waals surface area contributed by atoms with Crippen molar-refractivity contribution >= 4 is 0 Å². The first-order valence-corrected chi connectivity index (χ1v) is 6.32. The summed E-state index contributed by atoms with van der Waals surface area (Å²) in [4.78, 5) is 0. The van der Waals surface area contributed by atoms with Gasteiger partial charge in [-0.05, 0) is 26.2 Å². The first kappa shape index (κ1) is 12.2. The van der Waals surface area contributed by atoms with Gasteiger partial charge in [-0.3, -0.25) is 0 Å². The van der Waals surface area contributed by atoms with Crippen molar-refractivity contribution < 1.29 is 13.5 Å². The third-order valence-corrected chi connectivity index (χ3v) is 4.21. The minimum Gasteiger partial charge on any atom is -0.378 e. The smallest absolute Gasteiger partial charge is 0.250 e. The lowest BCUT2D eigenvalue weighted by Crippen LogP contribution is -2.63. The van der Waals surface area contributed by atoms with E-state index in [1.54, 1.807) is 0 Å². The van der Waals surface area contributed by atoms with E-state index in [9.17, 15) is 8.78 Å². The Hall–Kier alpha value is -0.220. The van der Waals surface area contributed by atoms with Crippen molar-refractivity contribution in [1.82, 2.24) is 5.32 Å². The maximum Gasteiger partial charge on any atom is 0.250 e. The van der Waals surface area contributed by atoms with Crippen molar-refractivity contribution in [2.75, 3.05) is 13.2 Å². The summed E-state index contributed by atoms with van der Waals surface area (Å²) in [5.74, 6) is 0. The molecule has 0 saturated heterocycles. The monoisotopic (exact) mass is 233 g/mol. The minimum atomic E-state index is -2.25. The Morgan fingerprint density at radius 1 is 1.38 bits per heavy atom. The molecule has 0 radical (unpaired) electrons. The van der Waals surface area contributed by atoms with Gasteiger partial charge in [0.25, 0.3) is 6.43 Å². The number of hydrogen-bond donors (Lipinski definition) is 1. The van der Waals surface area contributed by atoms with Gasteiger partial charge >= 0.3 is 0 Å². The van der Waals surface area contributed by atoms with Crippen LogP contribution in [-0.4, -0.2) is 31.7 Å². The molecule has 1 spiro atoms. The lowest BCUT2D eigenvalue weighted by Gasteiger charge is -2.54. The molecule has 0 aromatic rings. The van der Waals surface area contributed by atoms with Crippen molar-refractivity contribution in [2.45, 2.75) is 57.6 Å². The first-order chi connectivity index (χ1) is 7.69. The Morgan fingerprint density at radius 2 is 2.06 bits per heavy atom. The maximum absolute atomic E-state index is 12.2. The molecule has 2 unspecified atom stereocenters. The van der Waals surface area contributed by atoms with Gasteiger partial charge in [0, 0.05) is 18.1 Å². The Labute approximate surface area is 95.7 Å². The number of halogens is 2. The van der Waals surface area contributed by atoms with Crippen molar-refractivity contribution in [3.05, 3.63) is 0 Å². The highest BCUT2D eigenvalue weighted by Crippen LogP contribution is 2.54. The van der Waals surface area contributed by atoms with Gasteiger partial charge in [-0.15, -0.1) is 0 Å². The molecule has 0 bridgehead atoms. The van der Waals surface area contributed by atoms with Crippen molar-refractivity contribution in [3.63, 3.8) is 0 Å². The number of alkyl halides is 2. The second-order valence-corrected chi connectivity index (χ2v) is 4.97. The van der Waals surface area contributed by atoms with Crippen molar-refractivity contribution in [3.8, 4) is 0 Å². The molecule has 0 aliphatic heterocycles. The molecule has 2 aliphatic carbocycles. The van der Waals surface area contributed by atoms with Gasteiger partial charge in [0.1, 0.15) is 0 Å². The van der Waals surface area contributed by atoms with Crippen molar-refractivity contribution in [2.24, 2.45) is 5.41 Å². The van der Waals surface area contributed by atoms with E-state index in [4.69, 9.17) is 4.74 Å². The number of rotatable bonds is 5. The zero-order valence-electron chi connectivity index (χ0n) is 9.85. The lowest BCUT2D eigenvalue weighted by molar-refractivity contribution is -0.132. The van der Waals surface area contributed by atoms with Crippen LogP contribution in [0.1, 0.15) is 39.0 Å². The molecule has 2 nitrogen and oxygen atoms in total. The Bertz CT molecular complexity index is 229. The van der Waals surface area contributed by atoms with Gasteiger partial charge in [0.05, 0.1) is 12.6 Å². The third kappa shape index (κ3) is 2.09. The van der Waals surface area contributed by atoms with Crippen LogP contribution in [0.3, 0.4) is 0 Å². The molecular weight excluding hydrogens is 212 g/mol. The molecule has 2 atom stereocenters. The fourth-order valence-corrected chi connectivity index (χ4v) is 3.40. The highest BCUT2D eigenvalue weighted by molar-refractivity contribution is 5.09. The second-order valence-electron chi connectivity index (χ2n) is 4.97. The van der Waals surface area contributed by atoms with E-state index in [-0.39, 0.29) is 18.0 Å². The molecule has 4 heteroatoms. The number of nitrogens with one attached hydrogen (secondary N) is 1. The maximum atomic E-state index is 12.2. The average Bonchev–Trinajstić information content (AvgIpc) is 2.73. The molecule has 2 saturated carbocycles. The van der Waals surface area contributed by atoms with E-state index in [0.717, 1.165) is 25.9 Å². The molecule has 1 N–H and O–H groups in total. The molecule has 0 aromatic heterocycles. The summed E-state index contributed by atoms with van der Waals surface area (Å²) >= 11 is 0. The lowest BCUT2D eigenvalue weighted by atomic mass is 9.60. The summed E-state index contributed by atoms with van der Waals surface area (Å²) in [6.07, 6.45) is 3.67. The predicted octanol–water partition coefficient (Wildman–Crippen LogP) is 2.58. The highest BCUT2D eigenvalue weighted by atomic mass is 19.3. The van der Waals surface area contributed by atoms with Gasteiger partial charge in [0.2, 0.25) is 0 Å². The predicted molar refractivity (Wildman–Crippen MR) is 58.7 cm³/mol. The van der Waals surface area contributed by atoms with Crippen LogP contribution in [0.4, 0.5) is 8.78 Å². The van der Waals surface area contributed by atoms with E-state index < -0.39 is 6.43 Å². The van der Waals surface area contributed by atoms with Crippen LogP contribution in [0.25, 0.3) is 0 Å². The Balaban J connectivity index is 1.90. The summed E-state index contributed by atoms with van der Waals surface area (Å²) in [7, 11) is 0. The van der Waals surface area contributed by atoms with Crippen LogP contribution in [0.2, 0.25) is 0 Å². The molecule has 2 fully saturated rings. The minimum absolute atomic E-state index is 0.172. The van der Waals surface area contributed by atoms with Crippen LogP contribution >= 0.6 is 0 Å². The largest absolute Gasteiger partial charge is 0.378 e. The Kier molecular flexibility index (Phi) is 3.80. The van der Waals surface area contributed by atoms with Crippen LogP contribution in [0.5, 0.6) is 0 Å². The quantitative estimate of drug-likeness (QED) is 0.788. The summed E-state index contributed by atoms with van der Waals surface area (Å²) < 4.78 is 30.1. The topological polar surface area (TPSA) is 21.3 Å². The van der Waals surface area contributed by atoms with Gasteiger partial charge in [-0.1, -0.05) is 12.8 Å². The fraction of sp³-hybridized carbons (Fsp3) is 1.00. The van der Waals surface area contributed by atoms with E-state index in [1.165, 1.54) is 12.8 Å². The van der Waals surface area contributed by atoms with Gasteiger partial charge < -0.3 is 10.1 Å². The van der Waals surface area contributed by atoms with E-state index in [2.05, 4.69) is 5.32 Å². The first-order valence-electron chi connectivity index (χ1n) is 6.32. The molecule has 0 amide bonds. The zero-order valence-corrected chi connectivity index (χ0v) is 9.85. The number of ether oxygens (including phenoxy) is 1. The van der Waals surface area contributed by atoms with Gasteiger partial charge in [-0.2, -0.15) is 0 Å². The van der Waals surface area contributed by atoms with E-state index in [1.807, 2.05) is 6.92 Å². The standard InChI is InChI=1S/C12H21F2NO/c1-2-16-10-7-9(15-8-11(13)14)12(10)5-3-4-6-12/h9-11,15H,2-8H2,1H3. The molecule has 16 heavy (non-hydrogen) atoms.